The standard InChI is InChI=1S/C23H29N3O5/c1-2-30-16-12-25(13-16)18-4-3-5-20(18)31-15-6-7-17-14(10-15)11-26(23(17)29)19-8-9-21(27)24-22(19)28/h6-7,10,16,18-20H,2-5,8-9,11-13H2,1H3,(H,24,27,28)/t18-,19?,20-/m1/s1. The third kappa shape index (κ3) is 3.83. The molecule has 5 rings (SSSR count). The van der Waals surface area contributed by atoms with Crippen LogP contribution in [0.4, 0.5) is 0 Å². The maximum absolute atomic E-state index is 12.9. The highest BCUT2D eigenvalue weighted by Gasteiger charge is 2.41. The maximum atomic E-state index is 12.9. The lowest BCUT2D eigenvalue weighted by Gasteiger charge is -2.44. The van der Waals surface area contributed by atoms with Crippen LogP contribution in [0.25, 0.3) is 0 Å². The number of carbonyl (C=O) groups is 3. The Morgan fingerprint density at radius 1 is 1.13 bits per heavy atom. The van der Waals surface area contributed by atoms with Crippen molar-refractivity contribution in [2.75, 3.05) is 19.7 Å². The van der Waals surface area contributed by atoms with Crippen molar-refractivity contribution in [2.45, 2.75) is 69.9 Å². The number of carbonyl (C=O) groups excluding carboxylic acids is 3. The number of nitrogens with one attached hydrogen (secondary N) is 1. The number of ether oxygens (including phenoxy) is 2. The highest BCUT2D eigenvalue weighted by molar-refractivity contribution is 6.05. The highest BCUT2D eigenvalue weighted by atomic mass is 16.5. The second-order valence-corrected chi connectivity index (χ2v) is 8.90. The van der Waals surface area contributed by atoms with E-state index in [1.165, 1.54) is 0 Å². The van der Waals surface area contributed by atoms with Crippen molar-refractivity contribution in [3.05, 3.63) is 29.3 Å². The third-order valence-corrected chi connectivity index (χ3v) is 6.95. The number of piperidine rings is 1. The van der Waals surface area contributed by atoms with Crippen LogP contribution in [-0.2, 0) is 20.9 Å². The Morgan fingerprint density at radius 2 is 1.97 bits per heavy atom. The predicted octanol–water partition coefficient (Wildman–Crippen LogP) is 1.47. The van der Waals surface area contributed by atoms with Gasteiger partial charge in [0.1, 0.15) is 17.9 Å². The minimum Gasteiger partial charge on any atom is -0.489 e. The molecule has 0 bridgehead atoms. The monoisotopic (exact) mass is 427 g/mol. The summed E-state index contributed by atoms with van der Waals surface area (Å²) in [5, 5.41) is 2.34. The van der Waals surface area contributed by atoms with Crippen LogP contribution in [0.3, 0.4) is 0 Å². The predicted molar refractivity (Wildman–Crippen MR) is 112 cm³/mol. The van der Waals surface area contributed by atoms with Crippen molar-refractivity contribution in [1.29, 1.82) is 0 Å². The Kier molecular flexibility index (Phi) is 5.44. The van der Waals surface area contributed by atoms with Crippen LogP contribution in [-0.4, -0.2) is 71.5 Å². The number of hydrogen-bond acceptors (Lipinski definition) is 6. The fourth-order valence-electron chi connectivity index (χ4n) is 5.34. The number of rotatable bonds is 6. The first-order valence-corrected chi connectivity index (χ1v) is 11.3. The summed E-state index contributed by atoms with van der Waals surface area (Å²) in [5.41, 5.74) is 1.49. The fourth-order valence-corrected chi connectivity index (χ4v) is 5.34. The molecule has 8 heteroatoms. The molecule has 2 saturated heterocycles. The molecule has 0 aromatic heterocycles. The highest BCUT2D eigenvalue weighted by Crippen LogP contribution is 2.34. The van der Waals surface area contributed by atoms with Crippen LogP contribution in [0.2, 0.25) is 0 Å². The van der Waals surface area contributed by atoms with Crippen molar-refractivity contribution in [2.24, 2.45) is 0 Å². The fraction of sp³-hybridized carbons (Fsp3) is 0.609. The number of imide groups is 1. The van der Waals surface area contributed by atoms with Crippen molar-refractivity contribution >= 4 is 17.7 Å². The molecule has 1 aromatic rings. The lowest BCUT2D eigenvalue weighted by Crippen LogP contribution is -2.59. The number of likely N-dealkylation sites (tertiary alicyclic amines) is 1. The minimum atomic E-state index is -0.592. The van der Waals surface area contributed by atoms with E-state index >= 15 is 0 Å². The van der Waals surface area contributed by atoms with Crippen LogP contribution in [0.1, 0.15) is 54.9 Å². The van der Waals surface area contributed by atoms with Crippen molar-refractivity contribution in [3.8, 4) is 5.75 Å². The van der Waals surface area contributed by atoms with Crippen LogP contribution < -0.4 is 10.1 Å². The van der Waals surface area contributed by atoms with E-state index in [1.54, 1.807) is 11.0 Å². The molecular formula is C23H29N3O5. The van der Waals surface area contributed by atoms with Crippen LogP contribution in [0.15, 0.2) is 18.2 Å². The molecule has 31 heavy (non-hydrogen) atoms. The molecule has 8 nitrogen and oxygen atoms in total. The summed E-state index contributed by atoms with van der Waals surface area (Å²) in [6, 6.07) is 5.42. The van der Waals surface area contributed by atoms with E-state index in [0.717, 1.165) is 50.3 Å². The quantitative estimate of drug-likeness (QED) is 0.692. The second kappa shape index (κ2) is 8.24. The summed E-state index contributed by atoms with van der Waals surface area (Å²) in [7, 11) is 0. The molecular weight excluding hydrogens is 398 g/mol. The van der Waals surface area contributed by atoms with Gasteiger partial charge in [0.15, 0.2) is 0 Å². The zero-order valence-electron chi connectivity index (χ0n) is 17.8. The molecule has 4 aliphatic rings. The first-order chi connectivity index (χ1) is 15.0. The number of hydrogen-bond donors (Lipinski definition) is 1. The summed E-state index contributed by atoms with van der Waals surface area (Å²) in [5.74, 6) is -0.0441. The third-order valence-electron chi connectivity index (χ3n) is 6.95. The molecule has 3 heterocycles. The van der Waals surface area contributed by atoms with E-state index in [4.69, 9.17) is 9.47 Å². The first kappa shape index (κ1) is 20.5. The summed E-state index contributed by atoms with van der Waals surface area (Å²) in [4.78, 5) is 40.5. The first-order valence-electron chi connectivity index (χ1n) is 11.3. The number of benzene rings is 1. The molecule has 1 N–H and O–H groups in total. The zero-order valence-corrected chi connectivity index (χ0v) is 17.8. The molecule has 1 aliphatic carbocycles. The van der Waals surface area contributed by atoms with Crippen molar-refractivity contribution < 1.29 is 23.9 Å². The Labute approximate surface area is 181 Å². The van der Waals surface area contributed by atoms with Crippen molar-refractivity contribution in [1.82, 2.24) is 15.1 Å². The normalized spacial score (nSPS) is 29.1. The molecule has 3 aliphatic heterocycles. The van der Waals surface area contributed by atoms with E-state index < -0.39 is 6.04 Å². The topological polar surface area (TPSA) is 88.2 Å². The average Bonchev–Trinajstić information content (AvgIpc) is 3.29. The molecule has 3 fully saturated rings. The Balaban J connectivity index is 1.24. The van der Waals surface area contributed by atoms with Gasteiger partial charge in [-0.15, -0.1) is 0 Å². The molecule has 1 saturated carbocycles. The van der Waals surface area contributed by atoms with Gasteiger partial charge in [0.25, 0.3) is 5.91 Å². The summed E-state index contributed by atoms with van der Waals surface area (Å²) < 4.78 is 12.1. The number of fused-ring (bicyclic) bond motifs is 1. The van der Waals surface area contributed by atoms with E-state index in [2.05, 4.69) is 10.2 Å². The van der Waals surface area contributed by atoms with Gasteiger partial charge in [-0.2, -0.15) is 0 Å². The molecule has 1 unspecified atom stereocenters. The lowest BCUT2D eigenvalue weighted by atomic mass is 10.0. The van der Waals surface area contributed by atoms with E-state index in [0.29, 0.717) is 30.7 Å². The van der Waals surface area contributed by atoms with Crippen molar-refractivity contribution in [3.63, 3.8) is 0 Å². The summed E-state index contributed by atoms with van der Waals surface area (Å²) >= 11 is 0. The van der Waals surface area contributed by atoms with Gasteiger partial charge in [-0.3, -0.25) is 24.6 Å². The van der Waals surface area contributed by atoms with E-state index in [9.17, 15) is 14.4 Å². The molecule has 3 atom stereocenters. The van der Waals surface area contributed by atoms with Gasteiger partial charge in [0.05, 0.1) is 6.10 Å². The van der Waals surface area contributed by atoms with Gasteiger partial charge in [-0.1, -0.05) is 0 Å². The van der Waals surface area contributed by atoms with Gasteiger partial charge in [0.2, 0.25) is 11.8 Å². The number of amides is 3. The van der Waals surface area contributed by atoms with E-state index in [1.807, 2.05) is 19.1 Å². The number of nitrogens with zero attached hydrogens (tertiary/aromatic N) is 2. The Hall–Kier alpha value is -2.45. The van der Waals surface area contributed by atoms with Gasteiger partial charge in [-0.05, 0) is 56.4 Å². The zero-order chi connectivity index (χ0) is 21.5. The van der Waals surface area contributed by atoms with Crippen LogP contribution in [0, 0.1) is 0 Å². The van der Waals surface area contributed by atoms with E-state index in [-0.39, 0.29) is 30.2 Å². The Bertz CT molecular complexity index is 897. The smallest absolute Gasteiger partial charge is 0.255 e. The average molecular weight is 428 g/mol. The van der Waals surface area contributed by atoms with Crippen LogP contribution in [0.5, 0.6) is 5.75 Å². The molecule has 0 spiro atoms. The lowest BCUT2D eigenvalue weighted by molar-refractivity contribution is -0.136. The largest absolute Gasteiger partial charge is 0.489 e. The van der Waals surface area contributed by atoms with Gasteiger partial charge in [-0.25, -0.2) is 0 Å². The van der Waals surface area contributed by atoms with Gasteiger partial charge < -0.3 is 14.4 Å². The molecule has 0 radical (unpaired) electrons. The second-order valence-electron chi connectivity index (χ2n) is 8.90. The molecule has 1 aromatic carbocycles. The van der Waals surface area contributed by atoms with Gasteiger partial charge >= 0.3 is 0 Å². The summed E-state index contributed by atoms with van der Waals surface area (Å²) in [6.07, 6.45) is 4.43. The van der Waals surface area contributed by atoms with Gasteiger partial charge in [0, 0.05) is 44.3 Å². The molecule has 3 amide bonds. The molecule has 166 valence electrons. The Morgan fingerprint density at radius 3 is 2.74 bits per heavy atom. The maximum Gasteiger partial charge on any atom is 0.255 e. The minimum absolute atomic E-state index is 0.143. The van der Waals surface area contributed by atoms with Crippen LogP contribution >= 0.6 is 0 Å². The SMILES string of the molecule is CCOC1CN([C@@H]2CCC[C@H]2Oc2ccc3c(c2)CN(C2CCC(=O)NC2=O)C3=O)C1. The summed E-state index contributed by atoms with van der Waals surface area (Å²) in [6.45, 7) is 5.10.